The van der Waals surface area contributed by atoms with Crippen LogP contribution in [0.25, 0.3) is 0 Å². The second kappa shape index (κ2) is 10.9. The topological polar surface area (TPSA) is 89.0 Å². The highest BCUT2D eigenvalue weighted by Gasteiger charge is 2.45. The molecule has 2 aliphatic heterocycles. The second-order valence-corrected chi connectivity index (χ2v) is 8.43. The quantitative estimate of drug-likeness (QED) is 0.699. The Kier molecular flexibility index (Phi) is 8.14. The zero-order chi connectivity index (χ0) is 24.9. The molecule has 0 bridgehead atoms. The fraction of sp³-hybridized carbons (Fsp3) is 0.458. The van der Waals surface area contributed by atoms with E-state index in [1.165, 1.54) is 5.56 Å². The van der Waals surface area contributed by atoms with Crippen molar-refractivity contribution >= 4 is 11.9 Å². The molecular weight excluding hydrogens is 453 g/mol. The molecule has 3 heterocycles. The van der Waals surface area contributed by atoms with Crippen LogP contribution in [0.3, 0.4) is 0 Å². The predicted molar refractivity (Wildman–Crippen MR) is 117 cm³/mol. The summed E-state index contributed by atoms with van der Waals surface area (Å²) >= 11 is 0. The molecule has 1 amide bonds. The fourth-order valence-corrected chi connectivity index (χ4v) is 4.08. The number of aromatic nitrogens is 1. The second-order valence-electron chi connectivity index (χ2n) is 8.43. The molecule has 0 unspecified atom stereocenters. The van der Waals surface area contributed by atoms with Gasteiger partial charge in [0.05, 0.1) is 25.5 Å². The molecule has 4 rings (SSSR count). The van der Waals surface area contributed by atoms with Crippen LogP contribution in [0.4, 0.5) is 13.2 Å². The summed E-state index contributed by atoms with van der Waals surface area (Å²) in [4.78, 5) is 27.8. The molecule has 0 radical (unpaired) electrons. The summed E-state index contributed by atoms with van der Waals surface area (Å²) in [5.41, 5.74) is 3.14. The van der Waals surface area contributed by atoms with Crippen molar-refractivity contribution in [2.75, 3.05) is 26.3 Å². The predicted octanol–water partition coefficient (Wildman–Crippen LogP) is 3.89. The maximum atomic E-state index is 12.9. The van der Waals surface area contributed by atoms with Crippen molar-refractivity contribution in [3.63, 3.8) is 0 Å². The molecule has 2 aromatic rings. The highest BCUT2D eigenvalue weighted by Crippen LogP contribution is 2.36. The van der Waals surface area contributed by atoms with Crippen LogP contribution in [0.1, 0.15) is 27.9 Å². The average molecular weight is 480 g/mol. The van der Waals surface area contributed by atoms with Crippen molar-refractivity contribution in [2.45, 2.75) is 32.5 Å². The lowest BCUT2D eigenvalue weighted by Gasteiger charge is -2.20. The van der Waals surface area contributed by atoms with Crippen LogP contribution in [0.5, 0.6) is 5.75 Å². The summed E-state index contributed by atoms with van der Waals surface area (Å²) in [6.07, 6.45) is -0.527. The van der Waals surface area contributed by atoms with Crippen molar-refractivity contribution in [1.82, 2.24) is 9.88 Å². The fourth-order valence-electron chi connectivity index (χ4n) is 4.08. The van der Waals surface area contributed by atoms with Gasteiger partial charge < -0.3 is 19.5 Å². The molecule has 1 aromatic carbocycles. The number of nitrogens with zero attached hydrogens (tertiary/aromatic N) is 2. The number of benzene rings is 1. The molecule has 0 aliphatic carbocycles. The first kappa shape index (κ1) is 25.5. The van der Waals surface area contributed by atoms with E-state index in [-0.39, 0.29) is 12.0 Å². The van der Waals surface area contributed by atoms with E-state index in [9.17, 15) is 18.0 Å². The van der Waals surface area contributed by atoms with E-state index in [1.807, 2.05) is 42.2 Å². The van der Waals surface area contributed by atoms with Crippen molar-refractivity contribution in [3.05, 3.63) is 59.4 Å². The Balaban J connectivity index is 0.000000406. The van der Waals surface area contributed by atoms with Crippen molar-refractivity contribution in [3.8, 4) is 5.75 Å². The van der Waals surface area contributed by atoms with E-state index in [4.69, 9.17) is 19.4 Å². The van der Waals surface area contributed by atoms with Gasteiger partial charge in [-0.15, -0.1) is 0 Å². The number of hydrogen-bond donors (Lipinski definition) is 1. The van der Waals surface area contributed by atoms with E-state index < -0.39 is 12.1 Å². The number of carboxylic acids is 1. The largest absolute Gasteiger partial charge is 0.492 e. The first-order chi connectivity index (χ1) is 16.1. The number of rotatable bonds is 5. The molecule has 7 nitrogen and oxygen atoms in total. The molecule has 34 heavy (non-hydrogen) atoms. The number of likely N-dealkylation sites (tertiary alicyclic amines) is 1. The first-order valence-corrected chi connectivity index (χ1v) is 10.9. The van der Waals surface area contributed by atoms with Crippen LogP contribution < -0.4 is 4.74 Å². The van der Waals surface area contributed by atoms with Crippen molar-refractivity contribution in [1.29, 1.82) is 0 Å². The number of pyridine rings is 1. The Morgan fingerprint density at radius 3 is 2.56 bits per heavy atom. The van der Waals surface area contributed by atoms with Gasteiger partial charge in [0.1, 0.15) is 5.75 Å². The number of halogens is 3. The Morgan fingerprint density at radius 2 is 1.94 bits per heavy atom. The van der Waals surface area contributed by atoms with Gasteiger partial charge in [0.2, 0.25) is 0 Å². The molecule has 2 aliphatic rings. The summed E-state index contributed by atoms with van der Waals surface area (Å²) in [6, 6.07) is 9.73. The molecule has 10 heteroatoms. The van der Waals surface area contributed by atoms with E-state index in [0.717, 1.165) is 36.4 Å². The molecule has 3 atom stereocenters. The number of alkyl halides is 3. The highest BCUT2D eigenvalue weighted by atomic mass is 19.4. The Morgan fingerprint density at radius 1 is 1.21 bits per heavy atom. The third-order valence-electron chi connectivity index (χ3n) is 6.11. The molecule has 184 valence electrons. The number of amides is 1. The number of aryl methyl sites for hydroxylation is 2. The Hall–Kier alpha value is -3.14. The van der Waals surface area contributed by atoms with Crippen molar-refractivity contribution < 1.29 is 37.3 Å². The van der Waals surface area contributed by atoms with E-state index in [1.54, 1.807) is 12.4 Å². The van der Waals surface area contributed by atoms with Gasteiger partial charge in [-0.05, 0) is 61.6 Å². The normalized spacial score (nSPS) is 21.4. The lowest BCUT2D eigenvalue weighted by atomic mass is 9.91. The summed E-state index contributed by atoms with van der Waals surface area (Å²) in [6.45, 7) is 6.98. The van der Waals surface area contributed by atoms with Gasteiger partial charge in [-0.2, -0.15) is 13.2 Å². The van der Waals surface area contributed by atoms with Gasteiger partial charge in [0, 0.05) is 30.8 Å². The third-order valence-corrected chi connectivity index (χ3v) is 6.11. The minimum atomic E-state index is -5.08. The molecule has 0 spiro atoms. The minimum Gasteiger partial charge on any atom is -0.492 e. The smallest absolute Gasteiger partial charge is 0.490 e. The Labute approximate surface area is 195 Å². The average Bonchev–Trinajstić information content (AvgIpc) is 3.37. The number of carbonyl (C=O) groups is 2. The van der Waals surface area contributed by atoms with Crippen molar-refractivity contribution in [2.24, 2.45) is 11.8 Å². The van der Waals surface area contributed by atoms with Gasteiger partial charge in [-0.25, -0.2) is 4.79 Å². The summed E-state index contributed by atoms with van der Waals surface area (Å²) in [7, 11) is 0. The van der Waals surface area contributed by atoms with Gasteiger partial charge >= 0.3 is 12.1 Å². The zero-order valence-corrected chi connectivity index (χ0v) is 18.9. The molecule has 1 aromatic heterocycles. The van der Waals surface area contributed by atoms with Crippen LogP contribution >= 0.6 is 0 Å². The zero-order valence-electron chi connectivity index (χ0n) is 18.9. The monoisotopic (exact) mass is 480 g/mol. The van der Waals surface area contributed by atoms with Gasteiger partial charge in [0.15, 0.2) is 0 Å². The maximum Gasteiger partial charge on any atom is 0.490 e. The van der Waals surface area contributed by atoms with Crippen LogP contribution in [-0.2, 0) is 9.53 Å². The van der Waals surface area contributed by atoms with Gasteiger partial charge in [-0.3, -0.25) is 9.78 Å². The number of hydrogen-bond acceptors (Lipinski definition) is 5. The van der Waals surface area contributed by atoms with Crippen LogP contribution in [0.2, 0.25) is 0 Å². The molecule has 2 saturated heterocycles. The number of aliphatic carboxylic acids is 1. The first-order valence-electron chi connectivity index (χ1n) is 10.9. The number of carboxylic acid groups (broad SMARTS) is 1. The van der Waals surface area contributed by atoms with Gasteiger partial charge in [-0.1, -0.05) is 6.07 Å². The van der Waals surface area contributed by atoms with E-state index in [0.29, 0.717) is 25.0 Å². The SMILES string of the molecule is Cc1ccc(C(=O)N2C[C@H]3[C@@H](CCOc4cccnc4)CO[C@H]3C2)cc1C.O=C(O)C(F)(F)F. The molecular formula is C24H27F3N2O5. The summed E-state index contributed by atoms with van der Waals surface area (Å²) < 4.78 is 43.5. The molecule has 2 fully saturated rings. The van der Waals surface area contributed by atoms with E-state index >= 15 is 0 Å². The summed E-state index contributed by atoms with van der Waals surface area (Å²) in [5, 5.41) is 7.12. The lowest BCUT2D eigenvalue weighted by molar-refractivity contribution is -0.192. The number of fused-ring (bicyclic) bond motifs is 1. The minimum absolute atomic E-state index is 0.112. The molecule has 1 N–H and O–H groups in total. The lowest BCUT2D eigenvalue weighted by Crippen LogP contribution is -2.31. The number of carbonyl (C=O) groups excluding carboxylic acids is 1. The standard InChI is InChI=1S/C22H26N2O3.C2HF3O2/c1-15-5-6-17(10-16(15)2)22(25)24-12-20-18(14-27-21(20)13-24)7-9-26-19-4-3-8-23-11-19;3-2(4,5)1(6)7/h3-6,8,10-11,18,20-21H,7,9,12-14H2,1-2H3;(H,6,7)/t18-,20-,21-;/m0./s1. The number of ether oxygens (including phenoxy) is 2. The van der Waals surface area contributed by atoms with E-state index in [2.05, 4.69) is 11.9 Å². The highest BCUT2D eigenvalue weighted by molar-refractivity contribution is 5.94. The summed E-state index contributed by atoms with van der Waals surface area (Å²) in [5.74, 6) is -1.01. The van der Waals surface area contributed by atoms with Crippen LogP contribution in [0, 0.1) is 25.7 Å². The van der Waals surface area contributed by atoms with Crippen LogP contribution in [0.15, 0.2) is 42.7 Å². The Bertz CT molecular complexity index is 1000. The molecule has 0 saturated carbocycles. The van der Waals surface area contributed by atoms with Gasteiger partial charge in [0.25, 0.3) is 5.91 Å². The maximum absolute atomic E-state index is 12.9. The van der Waals surface area contributed by atoms with Crippen LogP contribution in [-0.4, -0.2) is 65.5 Å². The third kappa shape index (κ3) is 6.47.